The largest absolute Gasteiger partial charge is 0.396 e. The third kappa shape index (κ3) is 6.36. The Morgan fingerprint density at radius 2 is 1.65 bits per heavy atom. The maximum Gasteiger partial charge on any atom is 0.240 e. The number of carbonyl (C=O) groups excluding carboxylic acids is 3. The van der Waals surface area contributed by atoms with Gasteiger partial charge in [0.15, 0.2) is 0 Å². The van der Waals surface area contributed by atoms with Crippen molar-refractivity contribution in [2.45, 2.75) is 103 Å². The standard InChI is InChI=1S/C36H49N5O4S/c1-21-17-22(2)19-24(18-21)31-27(11-15-40-13-9-23(10-14-40)33(44)38-29(12-16-42)32(37)43)28-20-30(46-34(28)39-31)36(3,4)35(45)41-25-5-6-26(41)8-7-25/h17-20,23,25-26,29,39,42H,5-16H2,1-4H3,(H2,37,43)(H,38,44). The van der Waals surface area contributed by atoms with Crippen LogP contribution in [0.2, 0.25) is 0 Å². The molecule has 248 valence electrons. The van der Waals surface area contributed by atoms with Crippen LogP contribution in [0.3, 0.4) is 0 Å². The normalized spacial score (nSPS) is 21.3. The van der Waals surface area contributed by atoms with Gasteiger partial charge >= 0.3 is 0 Å². The van der Waals surface area contributed by atoms with E-state index in [9.17, 15) is 19.5 Å². The minimum Gasteiger partial charge on any atom is -0.396 e. The van der Waals surface area contributed by atoms with Crippen LogP contribution in [-0.4, -0.2) is 82.0 Å². The molecular formula is C36H49N5O4S. The molecule has 6 rings (SSSR count). The Morgan fingerprint density at radius 3 is 2.24 bits per heavy atom. The fourth-order valence-electron chi connectivity index (χ4n) is 8.03. The van der Waals surface area contributed by atoms with E-state index in [1.165, 1.54) is 27.6 Å². The van der Waals surface area contributed by atoms with Gasteiger partial charge in [-0.1, -0.05) is 17.2 Å². The highest BCUT2D eigenvalue weighted by molar-refractivity contribution is 7.19. The van der Waals surface area contributed by atoms with Crippen molar-refractivity contribution < 1.29 is 19.5 Å². The van der Waals surface area contributed by atoms with Crippen LogP contribution < -0.4 is 11.1 Å². The number of aliphatic hydroxyl groups is 1. The Hall–Kier alpha value is -3.21. The van der Waals surface area contributed by atoms with Gasteiger partial charge in [0.1, 0.15) is 10.9 Å². The maximum atomic E-state index is 14.0. The number of likely N-dealkylation sites (tertiary alicyclic amines) is 1. The molecule has 2 aromatic heterocycles. The van der Waals surface area contributed by atoms with Crippen LogP contribution in [0.4, 0.5) is 0 Å². The molecule has 9 nitrogen and oxygen atoms in total. The lowest BCUT2D eigenvalue weighted by molar-refractivity contribution is -0.137. The Bertz CT molecular complexity index is 1580. The molecule has 3 aliphatic rings. The number of benzene rings is 1. The molecule has 0 radical (unpaired) electrons. The number of nitrogens with one attached hydrogen (secondary N) is 2. The van der Waals surface area contributed by atoms with Gasteiger partial charge in [-0.15, -0.1) is 11.3 Å². The topological polar surface area (TPSA) is 132 Å². The molecule has 3 saturated heterocycles. The van der Waals surface area contributed by atoms with Gasteiger partial charge < -0.3 is 30.9 Å². The second-order valence-electron chi connectivity index (χ2n) is 14.3. The molecule has 3 aromatic rings. The zero-order chi connectivity index (χ0) is 32.7. The molecule has 10 heteroatoms. The van der Waals surface area contributed by atoms with Gasteiger partial charge in [-0.2, -0.15) is 0 Å². The molecule has 3 amide bonds. The summed E-state index contributed by atoms with van der Waals surface area (Å²) in [7, 11) is 0. The van der Waals surface area contributed by atoms with Crippen molar-refractivity contribution in [3.05, 3.63) is 45.8 Å². The number of thiophene rings is 1. The summed E-state index contributed by atoms with van der Waals surface area (Å²) in [5, 5.41) is 13.2. The number of nitrogens with zero attached hydrogens (tertiary/aromatic N) is 2. The summed E-state index contributed by atoms with van der Waals surface area (Å²) in [6.07, 6.45) is 6.95. The third-order valence-electron chi connectivity index (χ3n) is 10.7. The molecule has 0 aliphatic carbocycles. The second kappa shape index (κ2) is 13.1. The number of primary amides is 1. The van der Waals surface area contributed by atoms with Crippen LogP contribution in [0.25, 0.3) is 21.5 Å². The Balaban J connectivity index is 1.20. The SMILES string of the molecule is Cc1cc(C)cc(-c2[nH]c3sc(C(C)(C)C(=O)N4C5CCC4CC5)cc3c2CCN2CCC(C(=O)NC(CCO)C(N)=O)CC2)c1. The Labute approximate surface area is 275 Å². The number of piperidine rings is 1. The fourth-order valence-corrected chi connectivity index (χ4v) is 9.21. The first-order chi connectivity index (χ1) is 22.0. The summed E-state index contributed by atoms with van der Waals surface area (Å²) in [6.45, 7) is 10.7. The number of nitrogens with two attached hydrogens (primary N) is 1. The fraction of sp³-hybridized carbons (Fsp3) is 0.583. The summed E-state index contributed by atoms with van der Waals surface area (Å²) in [5.41, 5.74) is 10.9. The van der Waals surface area contributed by atoms with Crippen molar-refractivity contribution in [2.24, 2.45) is 11.7 Å². The third-order valence-corrected chi connectivity index (χ3v) is 12.0. The molecule has 1 atom stereocenters. The lowest BCUT2D eigenvalue weighted by Gasteiger charge is -2.32. The van der Waals surface area contributed by atoms with E-state index < -0.39 is 17.4 Å². The van der Waals surface area contributed by atoms with E-state index in [0.717, 1.165) is 67.1 Å². The number of hydrogen-bond donors (Lipinski definition) is 4. The maximum absolute atomic E-state index is 14.0. The number of hydrogen-bond acceptors (Lipinski definition) is 6. The smallest absolute Gasteiger partial charge is 0.240 e. The summed E-state index contributed by atoms with van der Waals surface area (Å²) in [4.78, 5) is 49.1. The summed E-state index contributed by atoms with van der Waals surface area (Å²) < 4.78 is 0. The van der Waals surface area contributed by atoms with Crippen molar-refractivity contribution in [1.82, 2.24) is 20.1 Å². The minimum atomic E-state index is -0.837. The molecule has 3 aliphatic heterocycles. The van der Waals surface area contributed by atoms with Gasteiger partial charge in [0.25, 0.3) is 0 Å². The molecule has 2 bridgehead atoms. The van der Waals surface area contributed by atoms with Gasteiger partial charge in [0, 0.05) is 41.4 Å². The van der Waals surface area contributed by atoms with Gasteiger partial charge in [0.2, 0.25) is 17.7 Å². The first-order valence-corrected chi connectivity index (χ1v) is 17.8. The van der Waals surface area contributed by atoms with Crippen LogP contribution >= 0.6 is 11.3 Å². The van der Waals surface area contributed by atoms with Gasteiger partial charge in [-0.3, -0.25) is 14.4 Å². The van der Waals surface area contributed by atoms with Gasteiger partial charge in [0.05, 0.1) is 11.1 Å². The molecule has 5 N–H and O–H groups in total. The molecule has 46 heavy (non-hydrogen) atoms. The van der Waals surface area contributed by atoms with Crippen LogP contribution in [0, 0.1) is 19.8 Å². The highest BCUT2D eigenvalue weighted by Gasteiger charge is 2.47. The highest BCUT2D eigenvalue weighted by atomic mass is 32.1. The van der Waals surface area contributed by atoms with Gasteiger partial charge in [-0.05, 0) is 121 Å². The number of H-pyrrole nitrogens is 1. The van der Waals surface area contributed by atoms with E-state index in [2.05, 4.69) is 72.1 Å². The van der Waals surface area contributed by atoms with Crippen molar-refractivity contribution in [2.75, 3.05) is 26.2 Å². The highest BCUT2D eigenvalue weighted by Crippen LogP contribution is 2.44. The molecule has 1 aromatic carbocycles. The molecular weight excluding hydrogens is 598 g/mol. The van der Waals surface area contributed by atoms with Crippen molar-refractivity contribution in [1.29, 1.82) is 0 Å². The lowest BCUT2D eigenvalue weighted by Crippen LogP contribution is -2.49. The van der Waals surface area contributed by atoms with E-state index in [0.29, 0.717) is 24.9 Å². The Kier molecular flexibility index (Phi) is 9.33. The number of aryl methyl sites for hydroxylation is 2. The van der Waals surface area contributed by atoms with Crippen LogP contribution in [0.15, 0.2) is 24.3 Å². The van der Waals surface area contributed by atoms with E-state index in [1.807, 2.05) is 0 Å². The van der Waals surface area contributed by atoms with Gasteiger partial charge in [-0.25, -0.2) is 0 Å². The number of aromatic amines is 1. The van der Waals surface area contributed by atoms with E-state index in [4.69, 9.17) is 5.73 Å². The average molecular weight is 648 g/mol. The van der Waals surface area contributed by atoms with E-state index in [1.54, 1.807) is 11.3 Å². The molecule has 3 fully saturated rings. The number of aliphatic hydroxyl groups excluding tert-OH is 1. The van der Waals surface area contributed by atoms with E-state index >= 15 is 0 Å². The molecule has 5 heterocycles. The number of carbonyl (C=O) groups is 3. The predicted molar refractivity (Wildman–Crippen MR) is 183 cm³/mol. The van der Waals surface area contributed by atoms with Crippen molar-refractivity contribution in [3.63, 3.8) is 0 Å². The number of fused-ring (bicyclic) bond motifs is 3. The van der Waals surface area contributed by atoms with Crippen LogP contribution in [0.5, 0.6) is 0 Å². The van der Waals surface area contributed by atoms with Crippen molar-refractivity contribution in [3.8, 4) is 11.3 Å². The average Bonchev–Trinajstić information content (AvgIpc) is 3.80. The van der Waals surface area contributed by atoms with Crippen LogP contribution in [0.1, 0.15) is 80.4 Å². The zero-order valence-corrected chi connectivity index (χ0v) is 28.5. The van der Waals surface area contributed by atoms with E-state index in [-0.39, 0.29) is 30.8 Å². The first kappa shape index (κ1) is 32.7. The zero-order valence-electron chi connectivity index (χ0n) is 27.7. The summed E-state index contributed by atoms with van der Waals surface area (Å²) in [5.74, 6) is -0.689. The molecule has 1 unspecified atom stereocenters. The summed E-state index contributed by atoms with van der Waals surface area (Å²) >= 11 is 1.72. The number of aromatic nitrogens is 1. The molecule has 0 saturated carbocycles. The van der Waals surface area contributed by atoms with Crippen molar-refractivity contribution >= 4 is 39.3 Å². The monoisotopic (exact) mass is 647 g/mol. The predicted octanol–water partition coefficient (Wildman–Crippen LogP) is 4.55. The first-order valence-electron chi connectivity index (χ1n) is 17.0. The minimum absolute atomic E-state index is 0.128. The second-order valence-corrected chi connectivity index (χ2v) is 15.4. The summed E-state index contributed by atoms with van der Waals surface area (Å²) in [6, 6.07) is 8.93. The molecule has 0 spiro atoms. The van der Waals surface area contributed by atoms with Crippen LogP contribution in [-0.2, 0) is 26.2 Å². The number of rotatable bonds is 11. The lowest BCUT2D eigenvalue weighted by atomic mass is 9.88. The Morgan fingerprint density at radius 1 is 1.02 bits per heavy atom. The number of amides is 3. The quantitative estimate of drug-likeness (QED) is 0.243.